The molecule has 0 saturated carbocycles. The molecule has 0 amide bonds. The SMILES string of the molecule is CCCC(N)COCc1ccccc1F. The van der Waals surface area contributed by atoms with Gasteiger partial charge in [-0.25, -0.2) is 4.39 Å². The average Bonchev–Trinajstić information content (AvgIpc) is 2.21. The lowest BCUT2D eigenvalue weighted by molar-refractivity contribution is 0.103. The number of ether oxygens (including phenoxy) is 1. The summed E-state index contributed by atoms with van der Waals surface area (Å²) in [7, 11) is 0. The van der Waals surface area contributed by atoms with Gasteiger partial charge >= 0.3 is 0 Å². The minimum Gasteiger partial charge on any atom is -0.375 e. The fourth-order valence-corrected chi connectivity index (χ4v) is 1.39. The number of hydrogen-bond acceptors (Lipinski definition) is 2. The largest absolute Gasteiger partial charge is 0.375 e. The molecular formula is C12H18FNO. The predicted octanol–water partition coefficient (Wildman–Crippen LogP) is 2.47. The van der Waals surface area contributed by atoms with Crippen LogP contribution in [0.4, 0.5) is 4.39 Å². The van der Waals surface area contributed by atoms with Crippen LogP contribution >= 0.6 is 0 Å². The van der Waals surface area contributed by atoms with E-state index in [1.54, 1.807) is 18.2 Å². The van der Waals surface area contributed by atoms with Gasteiger partial charge in [0.1, 0.15) is 5.82 Å². The van der Waals surface area contributed by atoms with E-state index < -0.39 is 0 Å². The van der Waals surface area contributed by atoms with E-state index in [0.717, 1.165) is 12.8 Å². The summed E-state index contributed by atoms with van der Waals surface area (Å²) in [5.41, 5.74) is 6.35. The molecular weight excluding hydrogens is 193 g/mol. The zero-order chi connectivity index (χ0) is 11.1. The van der Waals surface area contributed by atoms with Crippen molar-refractivity contribution >= 4 is 0 Å². The Balaban J connectivity index is 2.29. The fraction of sp³-hybridized carbons (Fsp3) is 0.500. The number of halogens is 1. The van der Waals surface area contributed by atoms with Crippen LogP contribution in [0.25, 0.3) is 0 Å². The highest BCUT2D eigenvalue weighted by molar-refractivity contribution is 5.16. The van der Waals surface area contributed by atoms with Crippen molar-refractivity contribution in [1.82, 2.24) is 0 Å². The maximum absolute atomic E-state index is 13.2. The summed E-state index contributed by atoms with van der Waals surface area (Å²) in [5.74, 6) is -0.221. The van der Waals surface area contributed by atoms with Gasteiger partial charge < -0.3 is 10.5 Å². The third-order valence-corrected chi connectivity index (χ3v) is 2.21. The summed E-state index contributed by atoms with van der Waals surface area (Å²) in [4.78, 5) is 0. The topological polar surface area (TPSA) is 35.2 Å². The van der Waals surface area contributed by atoms with E-state index in [9.17, 15) is 4.39 Å². The maximum Gasteiger partial charge on any atom is 0.128 e. The smallest absolute Gasteiger partial charge is 0.128 e. The molecule has 0 bridgehead atoms. The summed E-state index contributed by atoms with van der Waals surface area (Å²) in [6.45, 7) is 2.86. The molecule has 0 saturated heterocycles. The first-order valence-corrected chi connectivity index (χ1v) is 5.30. The summed E-state index contributed by atoms with van der Waals surface area (Å²) in [5, 5.41) is 0. The molecule has 1 unspecified atom stereocenters. The molecule has 2 nitrogen and oxygen atoms in total. The van der Waals surface area contributed by atoms with Gasteiger partial charge in [-0.05, 0) is 12.5 Å². The van der Waals surface area contributed by atoms with Crippen molar-refractivity contribution in [2.45, 2.75) is 32.4 Å². The third kappa shape index (κ3) is 4.40. The Morgan fingerprint density at radius 3 is 2.80 bits per heavy atom. The molecule has 0 aliphatic carbocycles. The highest BCUT2D eigenvalue weighted by Crippen LogP contribution is 2.07. The van der Waals surface area contributed by atoms with E-state index >= 15 is 0 Å². The van der Waals surface area contributed by atoms with Crippen LogP contribution in [0.5, 0.6) is 0 Å². The van der Waals surface area contributed by atoms with Crippen molar-refractivity contribution in [1.29, 1.82) is 0 Å². The van der Waals surface area contributed by atoms with Crippen LogP contribution in [0.2, 0.25) is 0 Å². The van der Waals surface area contributed by atoms with E-state index in [1.165, 1.54) is 6.07 Å². The lowest BCUT2D eigenvalue weighted by Crippen LogP contribution is -2.25. The van der Waals surface area contributed by atoms with Crippen molar-refractivity contribution in [3.05, 3.63) is 35.6 Å². The van der Waals surface area contributed by atoms with E-state index in [0.29, 0.717) is 18.8 Å². The van der Waals surface area contributed by atoms with Gasteiger partial charge in [-0.3, -0.25) is 0 Å². The van der Waals surface area contributed by atoms with E-state index in [1.807, 2.05) is 0 Å². The van der Waals surface area contributed by atoms with E-state index in [-0.39, 0.29) is 11.9 Å². The molecule has 0 radical (unpaired) electrons. The molecule has 0 aliphatic rings. The Labute approximate surface area is 90.2 Å². The highest BCUT2D eigenvalue weighted by Gasteiger charge is 2.03. The Morgan fingerprint density at radius 1 is 1.40 bits per heavy atom. The van der Waals surface area contributed by atoms with Gasteiger partial charge in [0.05, 0.1) is 13.2 Å². The molecule has 0 aromatic heterocycles. The zero-order valence-electron chi connectivity index (χ0n) is 9.08. The molecule has 1 aromatic carbocycles. The van der Waals surface area contributed by atoms with Crippen molar-refractivity contribution in [2.24, 2.45) is 5.73 Å². The highest BCUT2D eigenvalue weighted by atomic mass is 19.1. The van der Waals surface area contributed by atoms with Crippen LogP contribution in [0, 0.1) is 5.82 Å². The molecule has 84 valence electrons. The lowest BCUT2D eigenvalue weighted by Gasteiger charge is -2.11. The number of nitrogens with two attached hydrogens (primary N) is 1. The molecule has 1 aromatic rings. The van der Waals surface area contributed by atoms with Gasteiger partial charge in [-0.15, -0.1) is 0 Å². The molecule has 2 N–H and O–H groups in total. The Bertz CT molecular complexity index is 291. The first-order valence-electron chi connectivity index (χ1n) is 5.30. The Kier molecular flexibility index (Phi) is 5.29. The van der Waals surface area contributed by atoms with Crippen LogP contribution in [-0.2, 0) is 11.3 Å². The zero-order valence-corrected chi connectivity index (χ0v) is 9.08. The summed E-state index contributed by atoms with van der Waals surface area (Å²) < 4.78 is 18.5. The normalized spacial score (nSPS) is 12.7. The maximum atomic E-state index is 13.2. The van der Waals surface area contributed by atoms with Crippen LogP contribution in [-0.4, -0.2) is 12.6 Å². The van der Waals surface area contributed by atoms with Crippen molar-refractivity contribution < 1.29 is 9.13 Å². The second-order valence-corrected chi connectivity index (χ2v) is 3.66. The molecule has 0 spiro atoms. The molecule has 0 fully saturated rings. The standard InChI is InChI=1S/C12H18FNO/c1-2-5-11(14)9-15-8-10-6-3-4-7-12(10)13/h3-4,6-7,11H,2,5,8-9,14H2,1H3. The summed E-state index contributed by atoms with van der Waals surface area (Å²) in [6, 6.07) is 6.68. The molecule has 1 rings (SSSR count). The van der Waals surface area contributed by atoms with Crippen molar-refractivity contribution in [3.8, 4) is 0 Å². The second-order valence-electron chi connectivity index (χ2n) is 3.66. The minimum atomic E-state index is -0.221. The molecule has 3 heteroatoms. The van der Waals surface area contributed by atoms with E-state index in [4.69, 9.17) is 10.5 Å². The predicted molar refractivity (Wildman–Crippen MR) is 58.9 cm³/mol. The van der Waals surface area contributed by atoms with Crippen LogP contribution in [0.3, 0.4) is 0 Å². The monoisotopic (exact) mass is 211 g/mol. The van der Waals surface area contributed by atoms with Gasteiger partial charge in [0, 0.05) is 11.6 Å². The molecule has 1 atom stereocenters. The third-order valence-electron chi connectivity index (χ3n) is 2.21. The first kappa shape index (κ1) is 12.1. The lowest BCUT2D eigenvalue weighted by atomic mass is 10.2. The van der Waals surface area contributed by atoms with Gasteiger partial charge in [0.25, 0.3) is 0 Å². The van der Waals surface area contributed by atoms with Crippen molar-refractivity contribution in [3.63, 3.8) is 0 Å². The average molecular weight is 211 g/mol. The quantitative estimate of drug-likeness (QED) is 0.784. The number of rotatable bonds is 6. The fourth-order valence-electron chi connectivity index (χ4n) is 1.39. The van der Waals surface area contributed by atoms with Gasteiger partial charge in [0.2, 0.25) is 0 Å². The van der Waals surface area contributed by atoms with Crippen LogP contribution < -0.4 is 5.73 Å². The molecule has 0 aliphatic heterocycles. The van der Waals surface area contributed by atoms with Crippen LogP contribution in [0.15, 0.2) is 24.3 Å². The van der Waals surface area contributed by atoms with E-state index in [2.05, 4.69) is 6.92 Å². The Hall–Kier alpha value is -0.930. The van der Waals surface area contributed by atoms with Gasteiger partial charge in [-0.1, -0.05) is 31.5 Å². The number of benzene rings is 1. The van der Waals surface area contributed by atoms with Crippen LogP contribution in [0.1, 0.15) is 25.3 Å². The van der Waals surface area contributed by atoms with Gasteiger partial charge in [0.15, 0.2) is 0 Å². The summed E-state index contributed by atoms with van der Waals surface area (Å²) >= 11 is 0. The second kappa shape index (κ2) is 6.53. The Morgan fingerprint density at radius 2 is 2.13 bits per heavy atom. The summed E-state index contributed by atoms with van der Waals surface area (Å²) in [6.07, 6.45) is 1.99. The van der Waals surface area contributed by atoms with Gasteiger partial charge in [-0.2, -0.15) is 0 Å². The molecule has 0 heterocycles. The first-order chi connectivity index (χ1) is 7.24. The molecule has 15 heavy (non-hydrogen) atoms. The van der Waals surface area contributed by atoms with Crippen molar-refractivity contribution in [2.75, 3.05) is 6.61 Å². The number of hydrogen-bond donors (Lipinski definition) is 1. The minimum absolute atomic E-state index is 0.0572.